The van der Waals surface area contributed by atoms with Crippen LogP contribution in [0.2, 0.25) is 71.2 Å². The summed E-state index contributed by atoms with van der Waals surface area (Å²) in [4.78, 5) is 93.4. The Hall–Kier alpha value is -7.16. The molecular weight excluding hydrogens is 2200 g/mol. The lowest BCUT2D eigenvalue weighted by molar-refractivity contribution is 0.0935. The van der Waals surface area contributed by atoms with Crippen molar-refractivity contribution in [2.75, 3.05) is 66.2 Å². The number of nitrogens with zero attached hydrogens (tertiary/aromatic N) is 10. The third kappa shape index (κ3) is 37.0. The van der Waals surface area contributed by atoms with Crippen LogP contribution in [-0.2, 0) is 18.8 Å². The summed E-state index contributed by atoms with van der Waals surface area (Å²) in [6.45, 7) is 34.5. The van der Waals surface area contributed by atoms with Crippen molar-refractivity contribution in [3.63, 3.8) is 0 Å². The molecule has 0 bridgehead atoms. The van der Waals surface area contributed by atoms with E-state index in [1.807, 2.05) is 136 Å². The molecule has 0 spiro atoms. The predicted molar refractivity (Wildman–Crippen MR) is 581 cm³/mol. The van der Waals surface area contributed by atoms with Crippen LogP contribution in [-0.4, -0.2) is 121 Å². The van der Waals surface area contributed by atoms with E-state index in [-0.39, 0.29) is 112 Å². The molecule has 728 valence electrons. The second-order valence-electron chi connectivity index (χ2n) is 30.6. The number of carbonyl (C=O) groups excluding carboxylic acids is 7. The average Bonchev–Trinajstić information content (AvgIpc) is 1.71. The zero-order valence-corrected chi connectivity index (χ0v) is 92.5. The standard InChI is InChI=1S/C16H19Cl2N3OS.C16H18Cl2N2OS2.C15H16Cl2N2OS.C14H14Cl2N2OS.C12H10Cl2N2OS.C11H5Cl2N3OS.C7H9Cl2N3OS/c1-3-21(4-2)10-12-7-5-11(6-8-12)9-19-16(22)14-13(17)15(18)20-23-14;1-16(2,3)9-22-8-10-4-6-11(7-5-10)19-15(21)13-12(17)14(18)20-23-13;1-3-9(4-2)10-5-7-11(8-6-10)18-15(20)13-12(16)14(17)19-21-13;1-3-8(2)9-4-6-10(7-5-9)17-14(19)12-11(15)13(16)18-20-12;1-6-3-4-8(7(2)5-6)15-12(17)10-9(13)11(14)16-18-10;1-14-6-4-2-3-5-7(6)15-11(17)9-8(12)10(13)16-18-9;1-12(2)3-10-7(13)5-4(8)6(9)11-14-5/h5-8H,3-4,9-10H2,1-2H3,(H,19,22);4-7H,8-9H2,1-3H3,(H,19,21);5-9H,3-4H2,1-2H3,(H,18,20);4-8H,3H2,1-2H3,(H,17,19);3-5H,1-2H3,(H,15,17);2-5H,(H,15,17);3H2,1-2H3,(H,10,13). The number of hydrogen-bond donors (Lipinski definition) is 7. The molecule has 137 heavy (non-hydrogen) atoms. The molecule has 1 unspecified atom stereocenters. The molecule has 13 rings (SSSR count). The maximum atomic E-state index is 12.1. The summed E-state index contributed by atoms with van der Waals surface area (Å²) in [6.07, 6.45) is 3.30. The number of aryl methyl sites for hydroxylation is 2. The molecule has 46 heteroatoms. The number of nitrogens with one attached hydrogen (secondary N) is 7. The Bertz CT molecular complexity index is 6240. The number of para-hydroxylation sites is 2. The quantitative estimate of drug-likeness (QED) is 0.0177. The van der Waals surface area contributed by atoms with Gasteiger partial charge < -0.3 is 37.2 Å². The molecule has 0 aliphatic heterocycles. The van der Waals surface area contributed by atoms with Crippen molar-refractivity contribution in [2.45, 2.75) is 126 Å². The molecule has 7 amide bonds. The van der Waals surface area contributed by atoms with E-state index < -0.39 is 5.91 Å². The predicted octanol–water partition coefficient (Wildman–Crippen LogP) is 31.3. The molecule has 0 aliphatic rings. The van der Waals surface area contributed by atoms with Crippen molar-refractivity contribution >= 4 is 330 Å². The maximum absolute atomic E-state index is 12.1. The molecule has 6 aromatic carbocycles. The van der Waals surface area contributed by atoms with Crippen LogP contribution in [0.25, 0.3) is 4.85 Å². The summed E-state index contributed by atoms with van der Waals surface area (Å²) >= 11 is 90.0. The van der Waals surface area contributed by atoms with E-state index in [0.717, 1.165) is 171 Å². The fraction of sp³-hybridized carbons (Fsp3) is 0.286. The fourth-order valence-corrected chi connectivity index (χ4v) is 20.2. The van der Waals surface area contributed by atoms with Gasteiger partial charge in [-0.1, -0.05) is 321 Å². The molecule has 7 aromatic heterocycles. The van der Waals surface area contributed by atoms with Gasteiger partial charge in [-0.15, -0.1) is 0 Å². The Labute approximate surface area is 898 Å². The number of aromatic nitrogens is 7. The van der Waals surface area contributed by atoms with Gasteiger partial charge in [0.2, 0.25) is 5.69 Å². The summed E-state index contributed by atoms with van der Waals surface area (Å²) < 4.78 is 26.8. The Kier molecular flexibility index (Phi) is 49.8. The lowest BCUT2D eigenvalue weighted by Gasteiger charge is -2.18. The van der Waals surface area contributed by atoms with Gasteiger partial charge in [0.15, 0.2) is 36.1 Å². The topological polar surface area (TPSA) is 305 Å². The van der Waals surface area contributed by atoms with Crippen molar-refractivity contribution < 1.29 is 33.6 Å². The van der Waals surface area contributed by atoms with Crippen LogP contribution < -0.4 is 37.2 Å². The second kappa shape index (κ2) is 58.4. The number of hydrogen-bond acceptors (Lipinski definition) is 24. The molecule has 24 nitrogen and oxygen atoms in total. The third-order valence-corrected chi connectivity index (χ3v) is 33.0. The Morgan fingerprint density at radius 2 is 0.745 bits per heavy atom. The molecule has 0 aliphatic carbocycles. The summed E-state index contributed by atoms with van der Waals surface area (Å²) in [5, 5.41) is 21.7. The zero-order valence-electron chi connectivity index (χ0n) is 75.4. The van der Waals surface area contributed by atoms with E-state index in [0.29, 0.717) is 71.1 Å². The molecule has 13 aromatic rings. The molecular formula is C91H91Cl14N17O7S8. The van der Waals surface area contributed by atoms with Gasteiger partial charge in [-0.25, -0.2) is 4.85 Å². The number of halogens is 14. The van der Waals surface area contributed by atoms with Gasteiger partial charge in [-0.3, -0.25) is 43.4 Å². The Morgan fingerprint density at radius 3 is 1.08 bits per heavy atom. The van der Waals surface area contributed by atoms with E-state index in [2.05, 4.69) is 164 Å². The van der Waals surface area contributed by atoms with Crippen LogP contribution in [0.4, 0.5) is 34.1 Å². The van der Waals surface area contributed by atoms with E-state index in [1.165, 1.54) is 22.3 Å². The number of amides is 7. The van der Waals surface area contributed by atoms with E-state index in [9.17, 15) is 33.6 Å². The van der Waals surface area contributed by atoms with Crippen LogP contribution in [0, 0.1) is 25.8 Å². The first-order chi connectivity index (χ1) is 65.0. The lowest BCUT2D eigenvalue weighted by atomic mass is 9.94. The van der Waals surface area contributed by atoms with Crippen molar-refractivity contribution in [3.05, 3.63) is 295 Å². The van der Waals surface area contributed by atoms with Gasteiger partial charge in [0, 0.05) is 47.3 Å². The summed E-state index contributed by atoms with van der Waals surface area (Å²) in [7, 11) is 3.70. The van der Waals surface area contributed by atoms with Gasteiger partial charge >= 0.3 is 0 Å². The maximum Gasteiger partial charge on any atom is 0.268 e. The third-order valence-electron chi connectivity index (χ3n) is 18.9. The first kappa shape index (κ1) is 117. The average molecular weight is 2290 g/mol. The molecule has 7 N–H and O–H groups in total. The highest BCUT2D eigenvalue weighted by Gasteiger charge is 2.26. The van der Waals surface area contributed by atoms with Crippen molar-refractivity contribution in [2.24, 2.45) is 5.41 Å². The highest BCUT2D eigenvalue weighted by atomic mass is 35.5. The molecule has 0 fully saturated rings. The first-order valence-corrected chi connectivity index (χ1v) is 53.0. The minimum atomic E-state index is -0.430. The number of benzene rings is 6. The van der Waals surface area contributed by atoms with Gasteiger partial charge in [-0.2, -0.15) is 42.4 Å². The van der Waals surface area contributed by atoms with E-state index in [1.54, 1.807) is 24.3 Å². The van der Waals surface area contributed by atoms with E-state index in [4.69, 9.17) is 169 Å². The zero-order chi connectivity index (χ0) is 101. The van der Waals surface area contributed by atoms with Crippen LogP contribution in [0.15, 0.2) is 140 Å². The normalized spacial score (nSPS) is 11.0. The summed E-state index contributed by atoms with van der Waals surface area (Å²) in [5.41, 5.74) is 12.3. The minimum Gasteiger partial charge on any atom is -0.347 e. The van der Waals surface area contributed by atoms with Gasteiger partial charge in [0.05, 0.1) is 13.2 Å². The van der Waals surface area contributed by atoms with Crippen LogP contribution in [0.1, 0.15) is 200 Å². The number of carbonyl (C=O) groups is 7. The Morgan fingerprint density at radius 1 is 0.409 bits per heavy atom. The van der Waals surface area contributed by atoms with Crippen molar-refractivity contribution in [1.29, 1.82) is 0 Å². The molecule has 0 radical (unpaired) electrons. The van der Waals surface area contributed by atoms with Crippen LogP contribution in [0.3, 0.4) is 0 Å². The second-order valence-corrected chi connectivity index (χ2v) is 42.1. The smallest absolute Gasteiger partial charge is 0.268 e. The summed E-state index contributed by atoms with van der Waals surface area (Å²) in [6, 6.07) is 44.3. The number of rotatable bonds is 28. The van der Waals surface area contributed by atoms with Gasteiger partial charge in [-0.05, 0) is 246 Å². The number of thioether (sulfide) groups is 1. The first-order valence-electron chi connectivity index (χ1n) is 41.2. The highest BCUT2D eigenvalue weighted by Crippen LogP contribution is 2.38. The molecule has 0 saturated heterocycles. The van der Waals surface area contributed by atoms with Crippen LogP contribution >= 0.6 is 255 Å². The fourth-order valence-electron chi connectivity index (χ4n) is 11.3. The van der Waals surface area contributed by atoms with Gasteiger partial charge in [0.1, 0.15) is 69.3 Å². The largest absolute Gasteiger partial charge is 0.347 e. The number of anilines is 5. The van der Waals surface area contributed by atoms with Crippen LogP contribution in [0.5, 0.6) is 0 Å². The molecule has 7 heterocycles. The molecule has 1 atom stereocenters. The van der Waals surface area contributed by atoms with E-state index >= 15 is 0 Å². The SMILES string of the molecule is CC(C)(C)CSCc1ccc(NC(=O)c2snc(Cl)c2Cl)cc1.CCC(C)c1ccc(NC(=O)c2snc(Cl)c2Cl)cc1.CCC(CC)c1ccc(NC(=O)c2snc(Cl)c2Cl)cc1.CCN(CC)Cc1ccc(CNC(=O)c2snc(Cl)c2Cl)cc1.CN(C)CNC(=O)c1snc(Cl)c1Cl.Cc1ccc(NC(=O)c2snc(Cl)c2Cl)c(C)c1.[C-]#[N+]c1ccccc1NC(=O)c1snc(Cl)c1Cl. The lowest BCUT2D eigenvalue weighted by Crippen LogP contribution is -2.32. The molecule has 0 saturated carbocycles. The van der Waals surface area contributed by atoms with Crippen molar-refractivity contribution in [1.82, 2.24) is 51.0 Å². The highest BCUT2D eigenvalue weighted by molar-refractivity contribution is 7.98. The van der Waals surface area contributed by atoms with Gasteiger partial charge in [0.25, 0.3) is 41.4 Å². The Balaban J connectivity index is 0.000000219. The summed E-state index contributed by atoms with van der Waals surface area (Å²) in [5.74, 6) is 1.01. The minimum absolute atomic E-state index is 0.102. The van der Waals surface area contributed by atoms with Crippen molar-refractivity contribution in [3.8, 4) is 0 Å². The monoisotopic (exact) mass is 2280 g/mol.